The molecule has 0 aliphatic carbocycles. The molecule has 14 heavy (non-hydrogen) atoms. The lowest BCUT2D eigenvalue weighted by Crippen LogP contribution is -1.95. The van der Waals surface area contributed by atoms with Crippen LogP contribution in [0.1, 0.15) is 0 Å². The lowest BCUT2D eigenvalue weighted by atomic mass is 10.3. The summed E-state index contributed by atoms with van der Waals surface area (Å²) < 4.78 is 1.77. The van der Waals surface area contributed by atoms with Gasteiger partial charge in [0.25, 0.3) is 0 Å². The number of nitrogens with one attached hydrogen (secondary N) is 1. The molecule has 2 rings (SSSR count). The van der Waals surface area contributed by atoms with E-state index >= 15 is 0 Å². The standard InChI is InChI=1S/C10H10ClN3/c1-12-10-4-3-8(7-9(10)11)14-6-2-5-13-14/h2-7,12H,1H3. The first-order chi connectivity index (χ1) is 6.81. The van der Waals surface area contributed by atoms with Gasteiger partial charge in [-0.2, -0.15) is 5.10 Å². The van der Waals surface area contributed by atoms with E-state index in [9.17, 15) is 0 Å². The van der Waals surface area contributed by atoms with Crippen molar-refractivity contribution in [3.63, 3.8) is 0 Å². The minimum absolute atomic E-state index is 0.695. The molecule has 0 aliphatic rings. The predicted octanol–water partition coefficient (Wildman–Crippen LogP) is 2.57. The molecule has 1 aromatic heterocycles. The molecule has 0 fully saturated rings. The third kappa shape index (κ3) is 1.59. The Balaban J connectivity index is 2.43. The fourth-order valence-electron chi connectivity index (χ4n) is 1.27. The normalized spacial score (nSPS) is 10.1. The minimum atomic E-state index is 0.695. The van der Waals surface area contributed by atoms with Crippen LogP contribution in [0.2, 0.25) is 5.02 Å². The first-order valence-electron chi connectivity index (χ1n) is 4.28. The summed E-state index contributed by atoms with van der Waals surface area (Å²) in [5, 5.41) is 7.82. The van der Waals surface area contributed by atoms with Crippen molar-refractivity contribution in [1.29, 1.82) is 0 Å². The van der Waals surface area contributed by atoms with Gasteiger partial charge in [0.2, 0.25) is 0 Å². The fraction of sp³-hybridized carbons (Fsp3) is 0.100. The van der Waals surface area contributed by atoms with Crippen molar-refractivity contribution in [2.24, 2.45) is 0 Å². The zero-order chi connectivity index (χ0) is 9.97. The van der Waals surface area contributed by atoms with Crippen molar-refractivity contribution in [3.8, 4) is 5.69 Å². The van der Waals surface area contributed by atoms with Crippen LogP contribution in [0.4, 0.5) is 5.69 Å². The second kappa shape index (κ2) is 3.72. The van der Waals surface area contributed by atoms with Crippen LogP contribution in [0.25, 0.3) is 5.69 Å². The van der Waals surface area contributed by atoms with Crippen LogP contribution < -0.4 is 5.32 Å². The molecule has 0 spiro atoms. The molecule has 1 aromatic carbocycles. The van der Waals surface area contributed by atoms with Crippen LogP contribution in [-0.2, 0) is 0 Å². The number of hydrogen-bond donors (Lipinski definition) is 1. The van der Waals surface area contributed by atoms with E-state index in [1.165, 1.54) is 0 Å². The Labute approximate surface area is 87.3 Å². The van der Waals surface area contributed by atoms with E-state index in [0.717, 1.165) is 11.4 Å². The molecule has 3 nitrogen and oxygen atoms in total. The number of rotatable bonds is 2. The Morgan fingerprint density at radius 2 is 2.29 bits per heavy atom. The lowest BCUT2D eigenvalue weighted by Gasteiger charge is -2.06. The Morgan fingerprint density at radius 3 is 2.86 bits per heavy atom. The number of hydrogen-bond acceptors (Lipinski definition) is 2. The van der Waals surface area contributed by atoms with Crippen LogP contribution in [0.5, 0.6) is 0 Å². The highest BCUT2D eigenvalue weighted by atomic mass is 35.5. The van der Waals surface area contributed by atoms with Crippen LogP contribution >= 0.6 is 11.6 Å². The highest BCUT2D eigenvalue weighted by Crippen LogP contribution is 2.23. The maximum Gasteiger partial charge on any atom is 0.0661 e. The van der Waals surface area contributed by atoms with E-state index in [-0.39, 0.29) is 0 Å². The van der Waals surface area contributed by atoms with Crippen LogP contribution in [0, 0.1) is 0 Å². The van der Waals surface area contributed by atoms with E-state index in [1.807, 2.05) is 37.5 Å². The van der Waals surface area contributed by atoms with Crippen molar-refractivity contribution in [2.75, 3.05) is 12.4 Å². The average molecular weight is 208 g/mol. The van der Waals surface area contributed by atoms with Gasteiger partial charge in [-0.1, -0.05) is 11.6 Å². The van der Waals surface area contributed by atoms with Gasteiger partial charge in [-0.3, -0.25) is 0 Å². The molecule has 4 heteroatoms. The fourth-order valence-corrected chi connectivity index (χ4v) is 1.54. The van der Waals surface area contributed by atoms with E-state index in [4.69, 9.17) is 11.6 Å². The number of anilines is 1. The van der Waals surface area contributed by atoms with Gasteiger partial charge < -0.3 is 5.32 Å². The van der Waals surface area contributed by atoms with E-state index in [2.05, 4.69) is 10.4 Å². The summed E-state index contributed by atoms with van der Waals surface area (Å²) in [5.41, 5.74) is 1.88. The largest absolute Gasteiger partial charge is 0.387 e. The van der Waals surface area contributed by atoms with Gasteiger partial charge >= 0.3 is 0 Å². The summed E-state index contributed by atoms with van der Waals surface area (Å²) in [6.07, 6.45) is 3.62. The molecular weight excluding hydrogens is 198 g/mol. The van der Waals surface area contributed by atoms with Gasteiger partial charge in [0.05, 0.1) is 16.4 Å². The Bertz CT molecular complexity index is 423. The third-order valence-electron chi connectivity index (χ3n) is 1.99. The molecule has 0 aliphatic heterocycles. The number of nitrogens with zero attached hydrogens (tertiary/aromatic N) is 2. The molecular formula is C10H10ClN3. The second-order valence-electron chi connectivity index (χ2n) is 2.86. The molecule has 2 aromatic rings. The molecule has 0 amide bonds. The van der Waals surface area contributed by atoms with Gasteiger partial charge in [0.15, 0.2) is 0 Å². The maximum absolute atomic E-state index is 6.04. The molecule has 1 N–H and O–H groups in total. The second-order valence-corrected chi connectivity index (χ2v) is 3.27. The molecule has 72 valence electrons. The molecule has 0 unspecified atom stereocenters. The van der Waals surface area contributed by atoms with Gasteiger partial charge in [0.1, 0.15) is 0 Å². The lowest BCUT2D eigenvalue weighted by molar-refractivity contribution is 0.881. The monoisotopic (exact) mass is 207 g/mol. The molecule has 1 heterocycles. The minimum Gasteiger partial charge on any atom is -0.387 e. The molecule has 0 saturated heterocycles. The van der Waals surface area contributed by atoms with Crippen molar-refractivity contribution >= 4 is 17.3 Å². The average Bonchev–Trinajstić information content (AvgIpc) is 2.70. The highest BCUT2D eigenvalue weighted by molar-refractivity contribution is 6.33. The van der Waals surface area contributed by atoms with Crippen LogP contribution in [0.15, 0.2) is 36.7 Å². The van der Waals surface area contributed by atoms with Gasteiger partial charge in [-0.25, -0.2) is 4.68 Å². The molecule has 0 atom stereocenters. The summed E-state index contributed by atoms with van der Waals surface area (Å²) >= 11 is 6.04. The van der Waals surface area contributed by atoms with Crippen molar-refractivity contribution in [1.82, 2.24) is 9.78 Å². The number of halogens is 1. The number of benzene rings is 1. The zero-order valence-corrected chi connectivity index (χ0v) is 8.49. The first-order valence-corrected chi connectivity index (χ1v) is 4.66. The van der Waals surface area contributed by atoms with E-state index in [1.54, 1.807) is 10.9 Å². The summed E-state index contributed by atoms with van der Waals surface area (Å²) in [4.78, 5) is 0. The smallest absolute Gasteiger partial charge is 0.0661 e. The van der Waals surface area contributed by atoms with Crippen LogP contribution in [-0.4, -0.2) is 16.8 Å². The van der Waals surface area contributed by atoms with Crippen molar-refractivity contribution in [3.05, 3.63) is 41.7 Å². The summed E-state index contributed by atoms with van der Waals surface area (Å²) in [6.45, 7) is 0. The van der Waals surface area contributed by atoms with E-state index in [0.29, 0.717) is 5.02 Å². The molecule has 0 bridgehead atoms. The van der Waals surface area contributed by atoms with E-state index < -0.39 is 0 Å². The quantitative estimate of drug-likeness (QED) is 0.821. The van der Waals surface area contributed by atoms with Crippen molar-refractivity contribution < 1.29 is 0 Å². The predicted molar refractivity (Wildman–Crippen MR) is 58.1 cm³/mol. The molecule has 0 radical (unpaired) electrons. The summed E-state index contributed by atoms with van der Waals surface area (Å²) in [5.74, 6) is 0. The van der Waals surface area contributed by atoms with Crippen LogP contribution in [0.3, 0.4) is 0 Å². The zero-order valence-electron chi connectivity index (χ0n) is 7.74. The maximum atomic E-state index is 6.04. The Kier molecular flexibility index (Phi) is 2.41. The molecule has 0 saturated carbocycles. The van der Waals surface area contributed by atoms with Gasteiger partial charge in [-0.15, -0.1) is 0 Å². The summed E-state index contributed by atoms with van der Waals surface area (Å²) in [7, 11) is 1.84. The Morgan fingerprint density at radius 1 is 1.43 bits per heavy atom. The highest BCUT2D eigenvalue weighted by Gasteiger charge is 2.01. The van der Waals surface area contributed by atoms with Crippen molar-refractivity contribution in [2.45, 2.75) is 0 Å². The first kappa shape index (κ1) is 9.09. The van der Waals surface area contributed by atoms with Gasteiger partial charge in [-0.05, 0) is 24.3 Å². The summed E-state index contributed by atoms with van der Waals surface area (Å²) in [6, 6.07) is 7.64. The topological polar surface area (TPSA) is 29.9 Å². The third-order valence-corrected chi connectivity index (χ3v) is 2.30. The number of aromatic nitrogens is 2. The van der Waals surface area contributed by atoms with Gasteiger partial charge in [0, 0.05) is 19.4 Å². The Hall–Kier alpha value is -1.48. The SMILES string of the molecule is CNc1ccc(-n2cccn2)cc1Cl.